The molecule has 0 aromatic heterocycles. The smallest absolute Gasteiger partial charge is 0.314 e. The van der Waals surface area contributed by atoms with E-state index in [4.69, 9.17) is 18.9 Å². The number of methoxy groups -OCH3 is 1. The van der Waals surface area contributed by atoms with Crippen molar-refractivity contribution in [3.05, 3.63) is 29.8 Å². The first-order valence-electron chi connectivity index (χ1n) is 6.62. The lowest BCUT2D eigenvalue weighted by Gasteiger charge is -2.37. The van der Waals surface area contributed by atoms with Crippen LogP contribution in [0.5, 0.6) is 17.2 Å². The molecule has 5 heteroatoms. The van der Waals surface area contributed by atoms with Gasteiger partial charge in [0.25, 0.3) is 0 Å². The van der Waals surface area contributed by atoms with Gasteiger partial charge < -0.3 is 18.9 Å². The fraction of sp³-hybridized carbons (Fsp3) is 0.400. The molecule has 5 rings (SSSR count). The summed E-state index contributed by atoms with van der Waals surface area (Å²) >= 11 is 0. The number of fused-ring (bicyclic) bond motifs is 3. The van der Waals surface area contributed by atoms with E-state index < -0.39 is 0 Å². The van der Waals surface area contributed by atoms with E-state index in [0.29, 0.717) is 17.2 Å². The summed E-state index contributed by atoms with van der Waals surface area (Å²) in [6.45, 7) is 0.202. The van der Waals surface area contributed by atoms with Gasteiger partial charge in [-0.1, -0.05) is 6.08 Å². The Bertz CT molecular complexity index is 607. The maximum atomic E-state index is 11.9. The molecule has 20 heavy (non-hydrogen) atoms. The first kappa shape index (κ1) is 11.6. The Balaban J connectivity index is 1.76. The highest BCUT2D eigenvalue weighted by Gasteiger charge is 2.41. The van der Waals surface area contributed by atoms with Gasteiger partial charge in [-0.05, 0) is 30.2 Å². The average Bonchev–Trinajstić information content (AvgIpc) is 2.94. The Kier molecular flexibility index (Phi) is 2.42. The minimum Gasteiger partial charge on any atom is -0.493 e. The Morgan fingerprint density at radius 3 is 2.90 bits per heavy atom. The number of benzene rings is 1. The molecule has 3 heterocycles. The van der Waals surface area contributed by atoms with E-state index >= 15 is 0 Å². The van der Waals surface area contributed by atoms with Crippen LogP contribution in [-0.2, 0) is 9.53 Å². The van der Waals surface area contributed by atoms with Crippen molar-refractivity contribution in [3.63, 3.8) is 0 Å². The van der Waals surface area contributed by atoms with Gasteiger partial charge in [0.15, 0.2) is 11.5 Å². The Hall–Kier alpha value is -2.17. The third-order valence-electron chi connectivity index (χ3n) is 4.10. The van der Waals surface area contributed by atoms with Crippen LogP contribution in [0.4, 0.5) is 0 Å². The van der Waals surface area contributed by atoms with Crippen molar-refractivity contribution in [2.24, 2.45) is 5.92 Å². The van der Waals surface area contributed by atoms with Crippen LogP contribution in [0.2, 0.25) is 0 Å². The molecule has 1 fully saturated rings. The maximum Gasteiger partial charge on any atom is 0.314 e. The number of esters is 1. The third kappa shape index (κ3) is 1.59. The van der Waals surface area contributed by atoms with Crippen LogP contribution in [0.25, 0.3) is 0 Å². The second-order valence-electron chi connectivity index (χ2n) is 5.19. The van der Waals surface area contributed by atoms with Crippen LogP contribution in [0.15, 0.2) is 24.3 Å². The summed E-state index contributed by atoms with van der Waals surface area (Å²) in [5, 5.41) is 0. The number of hydrogen-bond acceptors (Lipinski definition) is 5. The lowest BCUT2D eigenvalue weighted by atomic mass is 9.76. The zero-order chi connectivity index (χ0) is 13.7. The summed E-state index contributed by atoms with van der Waals surface area (Å²) in [7, 11) is 1.60. The first-order valence-corrected chi connectivity index (χ1v) is 6.62. The molecule has 0 radical (unpaired) electrons. The molecular weight excluding hydrogens is 260 g/mol. The molecule has 3 aliphatic heterocycles. The largest absolute Gasteiger partial charge is 0.493 e. The average molecular weight is 274 g/mol. The van der Waals surface area contributed by atoms with Crippen molar-refractivity contribution in [1.82, 2.24) is 0 Å². The molecule has 5 nitrogen and oxygen atoms in total. The van der Waals surface area contributed by atoms with Crippen LogP contribution in [0.3, 0.4) is 0 Å². The number of ether oxygens (including phenoxy) is 4. The fourth-order valence-corrected chi connectivity index (χ4v) is 3.12. The molecule has 104 valence electrons. The van der Waals surface area contributed by atoms with Crippen LogP contribution in [0, 0.1) is 5.92 Å². The molecule has 0 spiro atoms. The maximum absolute atomic E-state index is 11.9. The van der Waals surface area contributed by atoms with Gasteiger partial charge in [0.1, 0.15) is 6.10 Å². The summed E-state index contributed by atoms with van der Waals surface area (Å²) in [6.07, 6.45) is 4.60. The van der Waals surface area contributed by atoms with Gasteiger partial charge in [-0.15, -0.1) is 0 Å². The van der Waals surface area contributed by atoms with Crippen LogP contribution >= 0.6 is 0 Å². The van der Waals surface area contributed by atoms with Crippen molar-refractivity contribution in [3.8, 4) is 17.2 Å². The summed E-state index contributed by atoms with van der Waals surface area (Å²) in [5.41, 5.74) is 1.03. The van der Waals surface area contributed by atoms with E-state index in [1.165, 1.54) is 0 Å². The molecule has 1 saturated heterocycles. The zero-order valence-corrected chi connectivity index (χ0v) is 11.0. The van der Waals surface area contributed by atoms with Crippen molar-refractivity contribution >= 4 is 5.97 Å². The molecule has 0 saturated carbocycles. The summed E-state index contributed by atoms with van der Waals surface area (Å²) in [6, 6.07) is 3.87. The van der Waals surface area contributed by atoms with Gasteiger partial charge in [0.2, 0.25) is 12.5 Å². The molecule has 2 bridgehead atoms. The fourth-order valence-electron chi connectivity index (χ4n) is 3.12. The van der Waals surface area contributed by atoms with Crippen molar-refractivity contribution in [1.29, 1.82) is 0 Å². The molecular formula is C15H14O5. The Morgan fingerprint density at radius 1 is 1.25 bits per heavy atom. The Morgan fingerprint density at radius 2 is 2.15 bits per heavy atom. The highest BCUT2D eigenvalue weighted by atomic mass is 16.7. The lowest BCUT2D eigenvalue weighted by Crippen LogP contribution is -2.38. The molecule has 1 aliphatic carbocycles. The predicted molar refractivity (Wildman–Crippen MR) is 69.0 cm³/mol. The SMILES string of the molecule is COc1cc(C2CC3C=CC2C(=O)O3)cc2c1OCO2. The van der Waals surface area contributed by atoms with Gasteiger partial charge in [0, 0.05) is 5.92 Å². The zero-order valence-electron chi connectivity index (χ0n) is 11.0. The minimum atomic E-state index is -0.218. The van der Waals surface area contributed by atoms with Crippen LogP contribution in [0.1, 0.15) is 17.9 Å². The minimum absolute atomic E-state index is 0.106. The van der Waals surface area contributed by atoms with E-state index in [-0.39, 0.29) is 30.7 Å². The van der Waals surface area contributed by atoms with Gasteiger partial charge in [-0.2, -0.15) is 0 Å². The monoisotopic (exact) mass is 274 g/mol. The number of carbonyl (C=O) groups excluding carboxylic acids is 1. The van der Waals surface area contributed by atoms with Gasteiger partial charge in [-0.25, -0.2) is 0 Å². The third-order valence-corrected chi connectivity index (χ3v) is 4.10. The van der Waals surface area contributed by atoms with Crippen molar-refractivity contribution in [2.75, 3.05) is 13.9 Å². The molecule has 1 aromatic rings. The predicted octanol–water partition coefficient (Wildman–Crippen LogP) is 2.01. The highest BCUT2D eigenvalue weighted by Crippen LogP contribution is 2.47. The first-order chi connectivity index (χ1) is 9.76. The molecule has 4 aliphatic rings. The topological polar surface area (TPSA) is 54.0 Å². The molecule has 0 N–H and O–H groups in total. The summed E-state index contributed by atoms with van der Waals surface area (Å²) in [4.78, 5) is 11.9. The van der Waals surface area contributed by atoms with Crippen molar-refractivity contribution in [2.45, 2.75) is 18.4 Å². The number of hydrogen-bond donors (Lipinski definition) is 0. The standard InChI is InChI=1S/C15H14O5/c1-17-12-4-8(5-13-14(12)19-7-18-13)11-6-9-2-3-10(11)15(16)20-9/h2-5,9-11H,6-7H2,1H3. The lowest BCUT2D eigenvalue weighted by molar-refractivity contribution is -0.158. The Labute approximate surface area is 116 Å². The van der Waals surface area contributed by atoms with E-state index in [0.717, 1.165) is 12.0 Å². The van der Waals surface area contributed by atoms with E-state index in [2.05, 4.69) is 0 Å². The molecule has 1 aromatic carbocycles. The normalized spacial score (nSPS) is 29.4. The molecule has 3 unspecified atom stereocenters. The summed E-state index contributed by atoms with van der Waals surface area (Å²) < 4.78 is 21.5. The van der Waals surface area contributed by atoms with Gasteiger partial charge in [0.05, 0.1) is 13.0 Å². The van der Waals surface area contributed by atoms with E-state index in [9.17, 15) is 4.79 Å². The highest BCUT2D eigenvalue weighted by molar-refractivity contribution is 5.78. The number of carbonyl (C=O) groups is 1. The molecule has 0 amide bonds. The van der Waals surface area contributed by atoms with Crippen LogP contribution < -0.4 is 14.2 Å². The van der Waals surface area contributed by atoms with E-state index in [1.54, 1.807) is 7.11 Å². The van der Waals surface area contributed by atoms with Crippen LogP contribution in [-0.4, -0.2) is 26.0 Å². The van der Waals surface area contributed by atoms with E-state index in [1.807, 2.05) is 24.3 Å². The van der Waals surface area contributed by atoms with Gasteiger partial charge in [-0.3, -0.25) is 4.79 Å². The quantitative estimate of drug-likeness (QED) is 0.610. The van der Waals surface area contributed by atoms with Gasteiger partial charge >= 0.3 is 5.97 Å². The molecule has 3 atom stereocenters. The van der Waals surface area contributed by atoms with Crippen molar-refractivity contribution < 1.29 is 23.7 Å². The second-order valence-corrected chi connectivity index (χ2v) is 5.19. The number of rotatable bonds is 2. The second kappa shape index (κ2) is 4.16. The summed E-state index contributed by atoms with van der Waals surface area (Å²) in [5.74, 6) is 1.70.